The molecule has 2 aromatic rings. The second kappa shape index (κ2) is 6.23. The number of carboxylic acids is 1. The van der Waals surface area contributed by atoms with Crippen LogP contribution in [0.4, 0.5) is 0 Å². The fraction of sp³-hybridized carbons (Fsp3) is 0.250. The second-order valence-electron chi connectivity index (χ2n) is 5.13. The van der Waals surface area contributed by atoms with Gasteiger partial charge in [0.1, 0.15) is 6.04 Å². The zero-order valence-electron chi connectivity index (χ0n) is 12.6. The molecule has 1 amide bonds. The van der Waals surface area contributed by atoms with Gasteiger partial charge in [0.2, 0.25) is 0 Å². The van der Waals surface area contributed by atoms with Crippen LogP contribution < -0.4 is 5.32 Å². The number of benzene rings is 1. The van der Waals surface area contributed by atoms with Gasteiger partial charge in [-0.1, -0.05) is 11.6 Å². The molecule has 1 aromatic carbocycles. The van der Waals surface area contributed by atoms with Crippen LogP contribution in [0.1, 0.15) is 28.7 Å². The first kappa shape index (κ1) is 16.1. The van der Waals surface area contributed by atoms with E-state index in [1.165, 1.54) is 6.92 Å². The predicted molar refractivity (Wildman–Crippen MR) is 84.8 cm³/mol. The molecule has 0 aliphatic carbocycles. The second-order valence-corrected chi connectivity index (χ2v) is 5.57. The van der Waals surface area contributed by atoms with Gasteiger partial charge in [-0.05, 0) is 51.1 Å². The van der Waals surface area contributed by atoms with Gasteiger partial charge in [0, 0.05) is 22.1 Å². The van der Waals surface area contributed by atoms with E-state index < -0.39 is 17.9 Å². The molecule has 0 fully saturated rings. The number of amides is 1. The maximum atomic E-state index is 12.2. The van der Waals surface area contributed by atoms with Crippen LogP contribution in [0.5, 0.6) is 0 Å². The molecule has 0 aliphatic heterocycles. The number of carbonyl (C=O) groups excluding carboxylic acids is 1. The largest absolute Gasteiger partial charge is 0.480 e. The van der Waals surface area contributed by atoms with Gasteiger partial charge in [-0.3, -0.25) is 9.59 Å². The molecule has 22 heavy (non-hydrogen) atoms. The lowest BCUT2D eigenvalue weighted by molar-refractivity contribution is -0.138. The van der Waals surface area contributed by atoms with E-state index in [0.717, 1.165) is 17.1 Å². The van der Waals surface area contributed by atoms with Crippen molar-refractivity contribution in [3.05, 3.63) is 52.3 Å². The number of aryl methyl sites for hydroxylation is 1. The zero-order valence-corrected chi connectivity index (χ0v) is 13.3. The third-order valence-corrected chi connectivity index (χ3v) is 3.73. The van der Waals surface area contributed by atoms with Gasteiger partial charge in [-0.2, -0.15) is 0 Å². The molecular formula is C16H17ClN2O3. The van der Waals surface area contributed by atoms with Gasteiger partial charge < -0.3 is 15.0 Å². The molecule has 6 heteroatoms. The van der Waals surface area contributed by atoms with Gasteiger partial charge in [-0.25, -0.2) is 0 Å². The fourth-order valence-corrected chi connectivity index (χ4v) is 2.44. The predicted octanol–water partition coefficient (Wildman–Crippen LogP) is 2.95. The van der Waals surface area contributed by atoms with Crippen molar-refractivity contribution in [1.29, 1.82) is 0 Å². The normalized spacial score (nSPS) is 12.0. The highest BCUT2D eigenvalue weighted by atomic mass is 35.5. The van der Waals surface area contributed by atoms with E-state index in [1.807, 2.05) is 30.5 Å². The molecule has 0 radical (unpaired) electrons. The Kier molecular flexibility index (Phi) is 4.56. The highest BCUT2D eigenvalue weighted by Gasteiger charge is 2.20. The molecule has 2 rings (SSSR count). The van der Waals surface area contributed by atoms with Crippen molar-refractivity contribution in [2.45, 2.75) is 26.8 Å². The van der Waals surface area contributed by atoms with E-state index in [9.17, 15) is 9.59 Å². The smallest absolute Gasteiger partial charge is 0.325 e. The SMILES string of the molecule is Cc1cc(C(=O)NC(C)C(=O)O)c(C)n1-c1ccc(Cl)cc1. The van der Waals surface area contributed by atoms with Gasteiger partial charge in [0.15, 0.2) is 0 Å². The van der Waals surface area contributed by atoms with Crippen molar-refractivity contribution in [1.82, 2.24) is 9.88 Å². The fourth-order valence-electron chi connectivity index (χ4n) is 2.32. The summed E-state index contributed by atoms with van der Waals surface area (Å²) < 4.78 is 1.93. The Labute approximate surface area is 133 Å². The third-order valence-electron chi connectivity index (χ3n) is 3.48. The minimum Gasteiger partial charge on any atom is -0.480 e. The molecule has 1 aromatic heterocycles. The molecular weight excluding hydrogens is 304 g/mol. The van der Waals surface area contributed by atoms with Crippen LogP contribution in [0.3, 0.4) is 0 Å². The molecule has 5 nitrogen and oxygen atoms in total. The van der Waals surface area contributed by atoms with Crippen molar-refractivity contribution in [3.8, 4) is 5.69 Å². The van der Waals surface area contributed by atoms with Crippen molar-refractivity contribution in [2.24, 2.45) is 0 Å². The van der Waals surface area contributed by atoms with Crippen LogP contribution in [0, 0.1) is 13.8 Å². The van der Waals surface area contributed by atoms with Crippen molar-refractivity contribution >= 4 is 23.5 Å². The number of hydrogen-bond donors (Lipinski definition) is 2. The minimum absolute atomic E-state index is 0.400. The lowest BCUT2D eigenvalue weighted by Gasteiger charge is -2.11. The molecule has 1 heterocycles. The van der Waals surface area contributed by atoms with E-state index in [0.29, 0.717) is 10.6 Å². The zero-order chi connectivity index (χ0) is 16.4. The first-order chi connectivity index (χ1) is 10.3. The van der Waals surface area contributed by atoms with Crippen LogP contribution in [-0.2, 0) is 4.79 Å². The van der Waals surface area contributed by atoms with Gasteiger partial charge >= 0.3 is 5.97 Å². The number of carboxylic acid groups (broad SMARTS) is 1. The molecule has 1 unspecified atom stereocenters. The summed E-state index contributed by atoms with van der Waals surface area (Å²) >= 11 is 5.89. The number of carbonyl (C=O) groups is 2. The van der Waals surface area contributed by atoms with Crippen molar-refractivity contribution in [2.75, 3.05) is 0 Å². The van der Waals surface area contributed by atoms with E-state index in [4.69, 9.17) is 16.7 Å². The van der Waals surface area contributed by atoms with Crippen LogP contribution in [-0.4, -0.2) is 27.6 Å². The molecule has 0 spiro atoms. The number of aliphatic carboxylic acids is 1. The number of nitrogens with one attached hydrogen (secondary N) is 1. The first-order valence-corrected chi connectivity index (χ1v) is 7.17. The van der Waals surface area contributed by atoms with E-state index >= 15 is 0 Å². The Bertz CT molecular complexity index is 720. The summed E-state index contributed by atoms with van der Waals surface area (Å²) in [6.07, 6.45) is 0. The lowest BCUT2D eigenvalue weighted by atomic mass is 10.2. The van der Waals surface area contributed by atoms with Gasteiger partial charge in [-0.15, -0.1) is 0 Å². The van der Waals surface area contributed by atoms with E-state index in [2.05, 4.69) is 5.32 Å². The number of nitrogens with zero attached hydrogens (tertiary/aromatic N) is 1. The summed E-state index contributed by atoms with van der Waals surface area (Å²) in [7, 11) is 0. The standard InChI is InChI=1S/C16H17ClN2O3/c1-9-8-14(15(20)18-10(2)16(21)22)11(3)19(9)13-6-4-12(17)5-7-13/h4-8,10H,1-3H3,(H,18,20)(H,21,22). The maximum Gasteiger partial charge on any atom is 0.325 e. The Morgan fingerprint density at radius 3 is 2.36 bits per heavy atom. The molecule has 0 aliphatic rings. The monoisotopic (exact) mass is 320 g/mol. The highest BCUT2D eigenvalue weighted by molar-refractivity contribution is 6.30. The summed E-state index contributed by atoms with van der Waals surface area (Å²) in [5, 5.41) is 12.0. The average Bonchev–Trinajstić information content (AvgIpc) is 2.75. The van der Waals surface area contributed by atoms with Crippen LogP contribution >= 0.6 is 11.6 Å². The van der Waals surface area contributed by atoms with E-state index in [1.54, 1.807) is 18.2 Å². The highest BCUT2D eigenvalue weighted by Crippen LogP contribution is 2.22. The Hall–Kier alpha value is -2.27. The topological polar surface area (TPSA) is 71.3 Å². The summed E-state index contributed by atoms with van der Waals surface area (Å²) in [4.78, 5) is 23.1. The number of rotatable bonds is 4. The average molecular weight is 321 g/mol. The summed E-state index contributed by atoms with van der Waals surface area (Å²) in [5.74, 6) is -1.47. The quantitative estimate of drug-likeness (QED) is 0.909. The number of halogens is 1. The summed E-state index contributed by atoms with van der Waals surface area (Å²) in [5.41, 5.74) is 2.98. The molecule has 0 saturated heterocycles. The number of hydrogen-bond acceptors (Lipinski definition) is 2. The Morgan fingerprint density at radius 1 is 1.23 bits per heavy atom. The molecule has 0 saturated carbocycles. The van der Waals surface area contributed by atoms with Crippen LogP contribution in [0.2, 0.25) is 5.02 Å². The van der Waals surface area contributed by atoms with Crippen molar-refractivity contribution < 1.29 is 14.7 Å². The van der Waals surface area contributed by atoms with Crippen LogP contribution in [0.25, 0.3) is 5.69 Å². The first-order valence-electron chi connectivity index (χ1n) is 6.80. The number of aromatic nitrogens is 1. The van der Waals surface area contributed by atoms with Gasteiger partial charge in [0.05, 0.1) is 5.56 Å². The third kappa shape index (κ3) is 3.14. The summed E-state index contributed by atoms with van der Waals surface area (Å²) in [6, 6.07) is 8.09. The van der Waals surface area contributed by atoms with Crippen LogP contribution in [0.15, 0.2) is 30.3 Å². The van der Waals surface area contributed by atoms with E-state index in [-0.39, 0.29) is 0 Å². The summed E-state index contributed by atoms with van der Waals surface area (Å²) in [6.45, 7) is 5.14. The maximum absolute atomic E-state index is 12.2. The molecule has 1 atom stereocenters. The Morgan fingerprint density at radius 2 is 1.82 bits per heavy atom. The minimum atomic E-state index is -1.07. The molecule has 116 valence electrons. The Balaban J connectivity index is 2.37. The molecule has 0 bridgehead atoms. The van der Waals surface area contributed by atoms with Crippen molar-refractivity contribution in [3.63, 3.8) is 0 Å². The molecule has 2 N–H and O–H groups in total. The van der Waals surface area contributed by atoms with Gasteiger partial charge in [0.25, 0.3) is 5.91 Å². The lowest BCUT2D eigenvalue weighted by Crippen LogP contribution is -2.38.